The molecule has 3 rings (SSSR count). The lowest BCUT2D eigenvalue weighted by Gasteiger charge is -2.28. The van der Waals surface area contributed by atoms with Gasteiger partial charge in [-0.3, -0.25) is 4.90 Å². The molecule has 0 aromatic heterocycles. The Morgan fingerprint density at radius 1 is 1.29 bits per heavy atom. The molecule has 2 saturated heterocycles. The normalized spacial score (nSPS) is 26.7. The van der Waals surface area contributed by atoms with Gasteiger partial charge in [-0.25, -0.2) is 4.79 Å². The molecule has 0 saturated carbocycles. The predicted molar refractivity (Wildman–Crippen MR) is 82.5 cm³/mol. The van der Waals surface area contributed by atoms with Crippen molar-refractivity contribution >= 4 is 5.97 Å². The summed E-state index contributed by atoms with van der Waals surface area (Å²) in [7, 11) is 0. The third kappa shape index (κ3) is 3.11. The number of rotatable bonds is 4. The van der Waals surface area contributed by atoms with Crippen LogP contribution in [0.4, 0.5) is 0 Å². The van der Waals surface area contributed by atoms with Gasteiger partial charge in [0.2, 0.25) is 0 Å². The van der Waals surface area contributed by atoms with Gasteiger partial charge in [-0.1, -0.05) is 19.1 Å². The fourth-order valence-corrected chi connectivity index (χ4v) is 3.80. The van der Waals surface area contributed by atoms with Gasteiger partial charge < -0.3 is 10.0 Å². The third-order valence-corrected chi connectivity index (χ3v) is 5.00. The average molecular weight is 288 g/mol. The van der Waals surface area contributed by atoms with Crippen LogP contribution in [-0.4, -0.2) is 52.6 Å². The minimum absolute atomic E-state index is 0.393. The van der Waals surface area contributed by atoms with Crippen LogP contribution in [0.1, 0.15) is 42.1 Å². The van der Waals surface area contributed by atoms with E-state index in [0.29, 0.717) is 17.6 Å². The molecule has 0 amide bonds. The van der Waals surface area contributed by atoms with E-state index in [1.807, 2.05) is 18.2 Å². The number of hydrogen-bond donors (Lipinski definition) is 1. The SMILES string of the molecule is CCN1CCC2CCC(C1)N2Cc1cccc(C(=O)O)c1. The molecule has 2 unspecified atom stereocenters. The highest BCUT2D eigenvalue weighted by atomic mass is 16.4. The Labute approximate surface area is 126 Å². The summed E-state index contributed by atoms with van der Waals surface area (Å²) >= 11 is 0. The first-order valence-electron chi connectivity index (χ1n) is 7.97. The Balaban J connectivity index is 1.75. The number of nitrogens with zero attached hydrogens (tertiary/aromatic N) is 2. The van der Waals surface area contributed by atoms with E-state index in [0.717, 1.165) is 25.2 Å². The molecular formula is C17H24N2O2. The van der Waals surface area contributed by atoms with Gasteiger partial charge in [0.1, 0.15) is 0 Å². The van der Waals surface area contributed by atoms with Gasteiger partial charge in [0.05, 0.1) is 5.56 Å². The molecule has 2 aliphatic heterocycles. The second-order valence-electron chi connectivity index (χ2n) is 6.24. The van der Waals surface area contributed by atoms with Gasteiger partial charge in [-0.15, -0.1) is 0 Å². The number of fused-ring (bicyclic) bond motifs is 2. The minimum Gasteiger partial charge on any atom is -0.478 e. The third-order valence-electron chi connectivity index (χ3n) is 5.00. The molecule has 1 aromatic carbocycles. The fraction of sp³-hybridized carbons (Fsp3) is 0.588. The highest BCUT2D eigenvalue weighted by Gasteiger charge is 2.36. The largest absolute Gasteiger partial charge is 0.478 e. The summed E-state index contributed by atoms with van der Waals surface area (Å²) in [5, 5.41) is 9.12. The first-order valence-corrected chi connectivity index (χ1v) is 7.97. The highest BCUT2D eigenvalue weighted by molar-refractivity contribution is 5.87. The first-order chi connectivity index (χ1) is 10.2. The molecular weight excluding hydrogens is 264 g/mol. The van der Waals surface area contributed by atoms with E-state index in [9.17, 15) is 4.79 Å². The Bertz CT molecular complexity index is 517. The number of carboxylic acids is 1. The van der Waals surface area contributed by atoms with E-state index >= 15 is 0 Å². The Kier molecular flexibility index (Phi) is 4.27. The zero-order valence-corrected chi connectivity index (χ0v) is 12.7. The van der Waals surface area contributed by atoms with Crippen LogP contribution in [0.2, 0.25) is 0 Å². The molecule has 2 heterocycles. The maximum absolute atomic E-state index is 11.1. The van der Waals surface area contributed by atoms with Gasteiger partial charge in [0, 0.05) is 25.2 Å². The topological polar surface area (TPSA) is 43.8 Å². The molecule has 1 N–H and O–H groups in total. The second kappa shape index (κ2) is 6.16. The van der Waals surface area contributed by atoms with Crippen molar-refractivity contribution in [3.05, 3.63) is 35.4 Å². The van der Waals surface area contributed by atoms with E-state index in [2.05, 4.69) is 16.7 Å². The van der Waals surface area contributed by atoms with Gasteiger partial charge >= 0.3 is 5.97 Å². The smallest absolute Gasteiger partial charge is 0.335 e. The van der Waals surface area contributed by atoms with E-state index < -0.39 is 5.97 Å². The number of aromatic carboxylic acids is 1. The number of benzene rings is 1. The molecule has 2 aliphatic rings. The van der Waals surface area contributed by atoms with Crippen molar-refractivity contribution in [3.8, 4) is 0 Å². The summed E-state index contributed by atoms with van der Waals surface area (Å²) in [6, 6.07) is 8.70. The van der Waals surface area contributed by atoms with Gasteiger partial charge in [-0.05, 0) is 50.0 Å². The first kappa shape index (κ1) is 14.5. The quantitative estimate of drug-likeness (QED) is 0.924. The van der Waals surface area contributed by atoms with Crippen molar-refractivity contribution in [2.45, 2.75) is 44.8 Å². The molecule has 4 nitrogen and oxygen atoms in total. The van der Waals surface area contributed by atoms with Crippen LogP contribution in [0.15, 0.2) is 24.3 Å². The average Bonchev–Trinajstić information content (AvgIpc) is 2.74. The molecule has 2 fully saturated rings. The molecule has 2 bridgehead atoms. The number of carboxylic acid groups (broad SMARTS) is 1. The van der Waals surface area contributed by atoms with Crippen molar-refractivity contribution in [1.29, 1.82) is 0 Å². The van der Waals surface area contributed by atoms with Gasteiger partial charge in [-0.2, -0.15) is 0 Å². The Morgan fingerprint density at radius 3 is 2.86 bits per heavy atom. The van der Waals surface area contributed by atoms with Crippen molar-refractivity contribution in [2.24, 2.45) is 0 Å². The highest BCUT2D eigenvalue weighted by Crippen LogP contribution is 2.31. The van der Waals surface area contributed by atoms with Gasteiger partial charge in [0.15, 0.2) is 0 Å². The summed E-state index contributed by atoms with van der Waals surface area (Å²) in [4.78, 5) is 16.3. The Hall–Kier alpha value is -1.39. The van der Waals surface area contributed by atoms with Crippen LogP contribution >= 0.6 is 0 Å². The van der Waals surface area contributed by atoms with E-state index in [1.54, 1.807) is 6.07 Å². The number of likely N-dealkylation sites (N-methyl/N-ethyl adjacent to an activating group) is 1. The van der Waals surface area contributed by atoms with E-state index in [-0.39, 0.29) is 0 Å². The Morgan fingerprint density at radius 2 is 2.10 bits per heavy atom. The molecule has 0 radical (unpaired) electrons. The summed E-state index contributed by atoms with van der Waals surface area (Å²) in [5.74, 6) is -0.840. The van der Waals surface area contributed by atoms with Crippen LogP contribution < -0.4 is 0 Å². The van der Waals surface area contributed by atoms with Gasteiger partial charge in [0.25, 0.3) is 0 Å². The molecule has 21 heavy (non-hydrogen) atoms. The summed E-state index contributed by atoms with van der Waals surface area (Å²) in [5.41, 5.74) is 1.52. The molecule has 0 spiro atoms. The standard InChI is InChI=1S/C17H24N2O2/c1-2-18-9-8-15-6-7-16(12-18)19(15)11-13-4-3-5-14(10-13)17(20)21/h3-5,10,15-16H,2,6-9,11-12H2,1H3,(H,20,21). The number of likely N-dealkylation sites (tertiary alicyclic amines) is 1. The fourth-order valence-electron chi connectivity index (χ4n) is 3.80. The summed E-state index contributed by atoms with van der Waals surface area (Å²) in [6.45, 7) is 6.61. The van der Waals surface area contributed by atoms with Crippen molar-refractivity contribution in [1.82, 2.24) is 9.80 Å². The molecule has 0 aliphatic carbocycles. The van der Waals surface area contributed by atoms with Crippen LogP contribution in [0.3, 0.4) is 0 Å². The van der Waals surface area contributed by atoms with Crippen molar-refractivity contribution in [3.63, 3.8) is 0 Å². The molecule has 114 valence electrons. The zero-order chi connectivity index (χ0) is 14.8. The predicted octanol–water partition coefficient (Wildman–Crippen LogP) is 2.44. The lowest BCUT2D eigenvalue weighted by atomic mass is 10.1. The van der Waals surface area contributed by atoms with Crippen LogP contribution in [0.25, 0.3) is 0 Å². The maximum Gasteiger partial charge on any atom is 0.335 e. The number of hydrogen-bond acceptors (Lipinski definition) is 3. The maximum atomic E-state index is 11.1. The minimum atomic E-state index is -0.840. The van der Waals surface area contributed by atoms with Crippen LogP contribution in [0, 0.1) is 0 Å². The zero-order valence-electron chi connectivity index (χ0n) is 12.7. The van der Waals surface area contributed by atoms with Crippen molar-refractivity contribution in [2.75, 3.05) is 19.6 Å². The lowest BCUT2D eigenvalue weighted by Crippen LogP contribution is -2.38. The second-order valence-corrected chi connectivity index (χ2v) is 6.24. The molecule has 2 atom stereocenters. The number of carbonyl (C=O) groups is 1. The van der Waals surface area contributed by atoms with E-state index in [1.165, 1.54) is 25.8 Å². The monoisotopic (exact) mass is 288 g/mol. The van der Waals surface area contributed by atoms with E-state index in [4.69, 9.17) is 5.11 Å². The molecule has 1 aromatic rings. The summed E-state index contributed by atoms with van der Waals surface area (Å²) < 4.78 is 0. The van der Waals surface area contributed by atoms with Crippen LogP contribution in [-0.2, 0) is 6.54 Å². The van der Waals surface area contributed by atoms with Crippen molar-refractivity contribution < 1.29 is 9.90 Å². The summed E-state index contributed by atoms with van der Waals surface area (Å²) in [6.07, 6.45) is 3.81. The molecule has 4 heteroatoms. The van der Waals surface area contributed by atoms with Crippen LogP contribution in [0.5, 0.6) is 0 Å². The lowest BCUT2D eigenvalue weighted by molar-refractivity contribution is 0.0696.